The molecule has 0 saturated heterocycles. The fraction of sp³-hybridized carbons (Fsp3) is 0.211. The largest absolute Gasteiger partial charge is 0.484 e. The predicted molar refractivity (Wildman–Crippen MR) is 100 cm³/mol. The van der Waals surface area contributed by atoms with Gasteiger partial charge in [-0.25, -0.2) is 9.48 Å². The van der Waals surface area contributed by atoms with Crippen LogP contribution in [0.3, 0.4) is 0 Å². The minimum Gasteiger partial charge on any atom is -0.484 e. The quantitative estimate of drug-likeness (QED) is 0.596. The lowest BCUT2D eigenvalue weighted by Crippen LogP contribution is -2.20. The Morgan fingerprint density at radius 1 is 1.14 bits per heavy atom. The number of rotatable bonds is 8. The molecule has 3 rings (SSSR count). The van der Waals surface area contributed by atoms with Gasteiger partial charge in [-0.3, -0.25) is 4.79 Å². The molecule has 0 unspecified atom stereocenters. The van der Waals surface area contributed by atoms with Gasteiger partial charge in [0.1, 0.15) is 12.1 Å². The summed E-state index contributed by atoms with van der Waals surface area (Å²) >= 11 is 0. The van der Waals surface area contributed by atoms with E-state index < -0.39 is 0 Å². The average molecular weight is 381 g/mol. The molecule has 1 N–H and O–H groups in total. The number of hydrogen-bond donors (Lipinski definition) is 1. The number of amides is 1. The van der Waals surface area contributed by atoms with E-state index in [1.165, 1.54) is 11.0 Å². The SMILES string of the molecule is CCCOC(=O)c1ccc(NC(=O)COc2cccc(-n3cnnn3)c2)cc1. The molecule has 1 aromatic heterocycles. The molecule has 0 aliphatic heterocycles. The fourth-order valence-corrected chi connectivity index (χ4v) is 2.31. The van der Waals surface area contributed by atoms with Crippen LogP contribution < -0.4 is 10.1 Å². The van der Waals surface area contributed by atoms with E-state index in [9.17, 15) is 9.59 Å². The molecule has 0 fully saturated rings. The lowest BCUT2D eigenvalue weighted by atomic mass is 10.2. The maximum absolute atomic E-state index is 12.1. The molecule has 144 valence electrons. The van der Waals surface area contributed by atoms with Gasteiger partial charge >= 0.3 is 5.97 Å². The second-order valence-corrected chi connectivity index (χ2v) is 5.80. The summed E-state index contributed by atoms with van der Waals surface area (Å²) < 4.78 is 12.1. The minimum absolute atomic E-state index is 0.167. The summed E-state index contributed by atoms with van der Waals surface area (Å²) in [6.07, 6.45) is 2.23. The van der Waals surface area contributed by atoms with Crippen LogP contribution in [0, 0.1) is 0 Å². The van der Waals surface area contributed by atoms with Gasteiger partial charge in [0.15, 0.2) is 6.61 Å². The van der Waals surface area contributed by atoms with Crippen molar-refractivity contribution >= 4 is 17.6 Å². The molecule has 9 heteroatoms. The van der Waals surface area contributed by atoms with Crippen molar-refractivity contribution in [3.05, 3.63) is 60.4 Å². The summed E-state index contributed by atoms with van der Waals surface area (Å²) in [6, 6.07) is 13.5. The first-order valence-corrected chi connectivity index (χ1v) is 8.69. The molecule has 1 amide bonds. The molecular weight excluding hydrogens is 362 g/mol. The Morgan fingerprint density at radius 2 is 1.96 bits per heavy atom. The van der Waals surface area contributed by atoms with Gasteiger partial charge in [0.05, 0.1) is 17.9 Å². The second-order valence-electron chi connectivity index (χ2n) is 5.80. The van der Waals surface area contributed by atoms with E-state index >= 15 is 0 Å². The Bertz CT molecular complexity index is 926. The van der Waals surface area contributed by atoms with Gasteiger partial charge in [-0.2, -0.15) is 0 Å². The first-order valence-electron chi connectivity index (χ1n) is 8.69. The zero-order chi connectivity index (χ0) is 19.8. The maximum atomic E-state index is 12.1. The van der Waals surface area contributed by atoms with Crippen molar-refractivity contribution in [1.82, 2.24) is 20.2 Å². The number of nitrogens with zero attached hydrogens (tertiary/aromatic N) is 4. The van der Waals surface area contributed by atoms with Crippen LogP contribution in [0.4, 0.5) is 5.69 Å². The van der Waals surface area contributed by atoms with Gasteiger partial charge in [-0.05, 0) is 53.2 Å². The number of hydrogen-bond acceptors (Lipinski definition) is 7. The zero-order valence-electron chi connectivity index (χ0n) is 15.2. The first kappa shape index (κ1) is 19.0. The van der Waals surface area contributed by atoms with Gasteiger partial charge in [-0.1, -0.05) is 13.0 Å². The lowest BCUT2D eigenvalue weighted by molar-refractivity contribution is -0.118. The summed E-state index contributed by atoms with van der Waals surface area (Å²) in [5.41, 5.74) is 1.71. The van der Waals surface area contributed by atoms with E-state index in [4.69, 9.17) is 9.47 Å². The molecular formula is C19H19N5O4. The molecule has 1 heterocycles. The van der Waals surface area contributed by atoms with E-state index in [1.807, 2.05) is 13.0 Å². The van der Waals surface area contributed by atoms with Crippen LogP contribution in [-0.2, 0) is 9.53 Å². The average Bonchev–Trinajstić information content (AvgIpc) is 3.26. The minimum atomic E-state index is -0.384. The number of tetrazole rings is 1. The maximum Gasteiger partial charge on any atom is 0.338 e. The molecule has 0 atom stereocenters. The molecule has 0 radical (unpaired) electrons. The third-order valence-electron chi connectivity index (χ3n) is 3.64. The predicted octanol–water partition coefficient (Wildman–Crippen LogP) is 2.25. The van der Waals surface area contributed by atoms with Gasteiger partial charge in [0.25, 0.3) is 5.91 Å². The van der Waals surface area contributed by atoms with E-state index in [0.29, 0.717) is 29.3 Å². The van der Waals surface area contributed by atoms with Crippen molar-refractivity contribution in [2.45, 2.75) is 13.3 Å². The normalized spacial score (nSPS) is 10.3. The van der Waals surface area contributed by atoms with Crippen molar-refractivity contribution in [2.75, 3.05) is 18.5 Å². The Hall–Kier alpha value is -3.75. The van der Waals surface area contributed by atoms with Gasteiger partial charge in [0.2, 0.25) is 0 Å². The number of carbonyl (C=O) groups is 2. The molecule has 0 aliphatic rings. The van der Waals surface area contributed by atoms with Crippen LogP contribution >= 0.6 is 0 Å². The number of aromatic nitrogens is 4. The van der Waals surface area contributed by atoms with Crippen LogP contribution in [0.25, 0.3) is 5.69 Å². The summed E-state index contributed by atoms with van der Waals surface area (Å²) in [6.45, 7) is 2.14. The van der Waals surface area contributed by atoms with E-state index in [0.717, 1.165) is 6.42 Å². The zero-order valence-corrected chi connectivity index (χ0v) is 15.2. The number of benzene rings is 2. The highest BCUT2D eigenvalue weighted by molar-refractivity contribution is 5.93. The van der Waals surface area contributed by atoms with Crippen molar-refractivity contribution in [3.8, 4) is 11.4 Å². The highest BCUT2D eigenvalue weighted by Crippen LogP contribution is 2.16. The number of anilines is 1. The van der Waals surface area contributed by atoms with Crippen LogP contribution in [0.5, 0.6) is 5.75 Å². The van der Waals surface area contributed by atoms with Crippen molar-refractivity contribution in [3.63, 3.8) is 0 Å². The Morgan fingerprint density at radius 3 is 2.68 bits per heavy atom. The third-order valence-corrected chi connectivity index (χ3v) is 3.64. The van der Waals surface area contributed by atoms with Crippen LogP contribution in [0.1, 0.15) is 23.7 Å². The number of nitrogens with one attached hydrogen (secondary N) is 1. The van der Waals surface area contributed by atoms with Gasteiger partial charge < -0.3 is 14.8 Å². The van der Waals surface area contributed by atoms with Crippen molar-refractivity contribution in [1.29, 1.82) is 0 Å². The third kappa shape index (κ3) is 5.13. The van der Waals surface area contributed by atoms with Crippen molar-refractivity contribution in [2.24, 2.45) is 0 Å². The summed E-state index contributed by atoms with van der Waals surface area (Å²) in [4.78, 5) is 23.9. The molecule has 3 aromatic rings. The van der Waals surface area contributed by atoms with Gasteiger partial charge in [-0.15, -0.1) is 5.10 Å². The molecule has 0 saturated carbocycles. The smallest absolute Gasteiger partial charge is 0.338 e. The summed E-state index contributed by atoms with van der Waals surface area (Å²) in [7, 11) is 0. The molecule has 9 nitrogen and oxygen atoms in total. The molecule has 28 heavy (non-hydrogen) atoms. The number of carbonyl (C=O) groups excluding carboxylic acids is 2. The topological polar surface area (TPSA) is 108 Å². The molecule has 2 aromatic carbocycles. The number of esters is 1. The number of ether oxygens (including phenoxy) is 2. The van der Waals surface area contributed by atoms with E-state index in [-0.39, 0.29) is 18.5 Å². The molecule has 0 spiro atoms. The Kier molecular flexibility index (Phi) is 6.29. The van der Waals surface area contributed by atoms with E-state index in [1.54, 1.807) is 42.5 Å². The Labute approximate surface area is 161 Å². The Balaban J connectivity index is 1.52. The monoisotopic (exact) mass is 381 g/mol. The van der Waals surface area contributed by atoms with E-state index in [2.05, 4.69) is 20.8 Å². The lowest BCUT2D eigenvalue weighted by Gasteiger charge is -2.09. The highest BCUT2D eigenvalue weighted by atomic mass is 16.5. The van der Waals surface area contributed by atoms with Crippen LogP contribution in [-0.4, -0.2) is 45.3 Å². The first-order chi connectivity index (χ1) is 13.7. The molecule has 0 bridgehead atoms. The highest BCUT2D eigenvalue weighted by Gasteiger charge is 2.08. The molecule has 0 aliphatic carbocycles. The van der Waals surface area contributed by atoms with Crippen LogP contribution in [0.2, 0.25) is 0 Å². The summed E-state index contributed by atoms with van der Waals surface area (Å²) in [5, 5.41) is 13.7. The second kappa shape index (κ2) is 9.26. The standard InChI is InChI=1S/C19H19N5O4/c1-2-10-27-19(26)14-6-8-15(9-7-14)21-18(25)12-28-17-5-3-4-16(11-17)24-13-20-22-23-24/h3-9,11,13H,2,10,12H2,1H3,(H,21,25). The fourth-order valence-electron chi connectivity index (χ4n) is 2.31. The van der Waals surface area contributed by atoms with Crippen molar-refractivity contribution < 1.29 is 19.1 Å². The van der Waals surface area contributed by atoms with Crippen LogP contribution in [0.15, 0.2) is 54.9 Å². The summed E-state index contributed by atoms with van der Waals surface area (Å²) in [5.74, 6) is -0.197. The van der Waals surface area contributed by atoms with Gasteiger partial charge in [0, 0.05) is 11.8 Å².